The summed E-state index contributed by atoms with van der Waals surface area (Å²) in [6.07, 6.45) is 9.27. The van der Waals surface area contributed by atoms with Crippen LogP contribution >= 0.6 is 0 Å². The van der Waals surface area contributed by atoms with Gasteiger partial charge in [0.2, 0.25) is 5.78 Å². The average Bonchev–Trinajstić information content (AvgIpc) is 2.97. The Morgan fingerprint density at radius 2 is 2.27 bits per heavy atom. The van der Waals surface area contributed by atoms with Crippen LogP contribution in [0.1, 0.15) is 45.4 Å². The van der Waals surface area contributed by atoms with Crippen LogP contribution in [0.3, 0.4) is 0 Å². The van der Waals surface area contributed by atoms with Gasteiger partial charge in [-0.3, -0.25) is 9.59 Å². The van der Waals surface area contributed by atoms with Gasteiger partial charge in [0, 0.05) is 18.5 Å². The van der Waals surface area contributed by atoms with E-state index in [0.717, 1.165) is 31.4 Å². The van der Waals surface area contributed by atoms with Crippen molar-refractivity contribution in [3.8, 4) is 0 Å². The van der Waals surface area contributed by atoms with Crippen molar-refractivity contribution in [1.29, 1.82) is 0 Å². The van der Waals surface area contributed by atoms with Crippen LogP contribution in [-0.4, -0.2) is 51.1 Å². The van der Waals surface area contributed by atoms with Crippen molar-refractivity contribution in [3.05, 3.63) is 35.2 Å². The molecule has 1 fully saturated rings. The van der Waals surface area contributed by atoms with Crippen molar-refractivity contribution in [2.45, 2.75) is 63.1 Å². The number of carboxylic acid groups (broad SMARTS) is 1. The fourth-order valence-electron chi connectivity index (χ4n) is 5.06. The number of carboxylic acids is 1. The third-order valence-corrected chi connectivity index (χ3v) is 6.47. The summed E-state index contributed by atoms with van der Waals surface area (Å²) in [4.78, 5) is 26.3. The zero-order valence-electron chi connectivity index (χ0n) is 15.1. The summed E-state index contributed by atoms with van der Waals surface area (Å²) >= 11 is 0. The van der Waals surface area contributed by atoms with E-state index in [1.54, 1.807) is 6.92 Å². The van der Waals surface area contributed by atoms with Gasteiger partial charge in [-0.15, -0.1) is 0 Å². The molecule has 4 unspecified atom stereocenters. The molecule has 6 heteroatoms. The molecular weight excluding hydrogens is 332 g/mol. The zero-order chi connectivity index (χ0) is 18.5. The second-order valence-electron chi connectivity index (χ2n) is 8.01. The lowest BCUT2D eigenvalue weighted by Crippen LogP contribution is -2.48. The van der Waals surface area contributed by atoms with Crippen LogP contribution < -0.4 is 5.32 Å². The molecule has 3 aliphatic heterocycles. The molecule has 0 saturated carbocycles. The Morgan fingerprint density at radius 3 is 3.00 bits per heavy atom. The van der Waals surface area contributed by atoms with E-state index in [1.807, 2.05) is 0 Å². The first kappa shape index (κ1) is 17.3. The molecule has 1 aliphatic carbocycles. The van der Waals surface area contributed by atoms with Gasteiger partial charge >= 0.3 is 5.97 Å². The Bertz CT molecular complexity index is 738. The first-order valence-corrected chi connectivity index (χ1v) is 9.52. The third kappa shape index (κ3) is 2.76. The molecule has 3 heterocycles. The largest absolute Gasteiger partial charge is 0.481 e. The van der Waals surface area contributed by atoms with Gasteiger partial charge in [-0.2, -0.15) is 0 Å². The molecule has 0 aromatic rings. The Kier molecular flexibility index (Phi) is 4.18. The van der Waals surface area contributed by atoms with Crippen LogP contribution in [0.15, 0.2) is 35.2 Å². The number of hydrogen-bond acceptors (Lipinski definition) is 5. The highest BCUT2D eigenvalue weighted by Gasteiger charge is 2.46. The van der Waals surface area contributed by atoms with Crippen LogP contribution in [0, 0.1) is 5.92 Å². The molecule has 1 saturated heterocycles. The number of aliphatic hydroxyl groups is 1. The van der Waals surface area contributed by atoms with Crippen LogP contribution in [-0.2, 0) is 9.59 Å². The maximum atomic E-state index is 12.8. The zero-order valence-corrected chi connectivity index (χ0v) is 15.1. The molecule has 0 spiro atoms. The summed E-state index contributed by atoms with van der Waals surface area (Å²) in [5, 5.41) is 23.5. The van der Waals surface area contributed by atoms with E-state index in [2.05, 4.69) is 22.5 Å². The average molecular weight is 358 g/mol. The van der Waals surface area contributed by atoms with Crippen LogP contribution in [0.25, 0.3) is 0 Å². The van der Waals surface area contributed by atoms with Crippen LogP contribution in [0.5, 0.6) is 0 Å². The number of hydrogen-bond donors (Lipinski definition) is 3. The molecule has 140 valence electrons. The van der Waals surface area contributed by atoms with E-state index < -0.39 is 11.6 Å². The van der Waals surface area contributed by atoms with E-state index in [9.17, 15) is 14.7 Å². The molecule has 3 N–H and O–H groups in total. The highest BCUT2D eigenvalue weighted by Crippen LogP contribution is 2.42. The van der Waals surface area contributed by atoms with E-state index in [1.165, 1.54) is 6.08 Å². The van der Waals surface area contributed by atoms with Crippen LogP contribution in [0.4, 0.5) is 0 Å². The third-order valence-electron chi connectivity index (χ3n) is 6.47. The molecule has 0 aromatic carbocycles. The standard InChI is InChI=1S/C20H26N2O4/c1-2-20(26,10-17(24)25)14-8-12-7-13-11-22-6-4-3-5-15(22)18(13)21-19(12)16(23)9-14/h4,6,9,13,15,18,21,26H,2-3,5,7-8,10-11H2,1H3,(H,24,25). The van der Waals surface area contributed by atoms with Crippen molar-refractivity contribution >= 4 is 11.8 Å². The summed E-state index contributed by atoms with van der Waals surface area (Å²) in [6, 6.07) is 0.735. The van der Waals surface area contributed by atoms with Crippen molar-refractivity contribution in [1.82, 2.24) is 10.2 Å². The molecule has 0 bridgehead atoms. The highest BCUT2D eigenvalue weighted by atomic mass is 16.4. The molecule has 4 atom stereocenters. The van der Waals surface area contributed by atoms with E-state index in [0.29, 0.717) is 35.7 Å². The molecule has 4 aliphatic rings. The fourth-order valence-corrected chi connectivity index (χ4v) is 5.06. The van der Waals surface area contributed by atoms with Crippen LogP contribution in [0.2, 0.25) is 0 Å². The van der Waals surface area contributed by atoms with Gasteiger partial charge in [0.15, 0.2) is 0 Å². The maximum absolute atomic E-state index is 12.8. The van der Waals surface area contributed by atoms with Crippen molar-refractivity contribution in [2.75, 3.05) is 6.54 Å². The molecule has 26 heavy (non-hydrogen) atoms. The number of aliphatic carboxylic acids is 1. The smallest absolute Gasteiger partial charge is 0.306 e. The Hall–Kier alpha value is -2.08. The Labute approximate surface area is 153 Å². The molecule has 6 nitrogen and oxygen atoms in total. The number of nitrogens with zero attached hydrogens (tertiary/aromatic N) is 1. The molecule has 0 radical (unpaired) electrons. The lowest BCUT2D eigenvalue weighted by molar-refractivity contribution is -0.141. The first-order chi connectivity index (χ1) is 12.4. The number of allylic oxidation sites excluding steroid dienone is 3. The number of fused-ring (bicyclic) bond motifs is 3. The Balaban J connectivity index is 1.57. The summed E-state index contributed by atoms with van der Waals surface area (Å²) in [5.41, 5.74) is 0.796. The van der Waals surface area contributed by atoms with Gasteiger partial charge in [-0.05, 0) is 55.5 Å². The maximum Gasteiger partial charge on any atom is 0.306 e. The predicted molar refractivity (Wildman–Crippen MR) is 96.1 cm³/mol. The number of ketones is 1. The van der Waals surface area contributed by atoms with Gasteiger partial charge in [0.25, 0.3) is 0 Å². The summed E-state index contributed by atoms with van der Waals surface area (Å²) < 4.78 is 0. The number of rotatable bonds is 4. The lowest BCUT2D eigenvalue weighted by Gasteiger charge is -2.38. The van der Waals surface area contributed by atoms with Crippen molar-refractivity contribution in [3.63, 3.8) is 0 Å². The van der Waals surface area contributed by atoms with E-state index in [-0.39, 0.29) is 18.6 Å². The monoisotopic (exact) mass is 358 g/mol. The summed E-state index contributed by atoms with van der Waals surface area (Å²) in [5.74, 6) is -0.728. The predicted octanol–water partition coefficient (Wildman–Crippen LogP) is 1.73. The molecular formula is C20H26N2O4. The number of carbonyl (C=O) groups excluding carboxylic acids is 1. The quantitative estimate of drug-likeness (QED) is 0.709. The summed E-state index contributed by atoms with van der Waals surface area (Å²) in [7, 11) is 0. The topological polar surface area (TPSA) is 89.9 Å². The second-order valence-corrected chi connectivity index (χ2v) is 8.01. The van der Waals surface area contributed by atoms with Gasteiger partial charge in [-0.1, -0.05) is 13.0 Å². The van der Waals surface area contributed by atoms with Gasteiger partial charge in [0.1, 0.15) is 0 Å². The normalized spacial score (nSPS) is 32.2. The van der Waals surface area contributed by atoms with Crippen molar-refractivity contribution < 1.29 is 19.8 Å². The summed E-state index contributed by atoms with van der Waals surface area (Å²) in [6.45, 7) is 2.74. The van der Waals surface area contributed by atoms with Gasteiger partial charge in [-0.25, -0.2) is 0 Å². The van der Waals surface area contributed by atoms with Gasteiger partial charge < -0.3 is 20.4 Å². The van der Waals surface area contributed by atoms with E-state index >= 15 is 0 Å². The molecule has 0 aromatic heterocycles. The highest BCUT2D eigenvalue weighted by molar-refractivity contribution is 6.06. The molecule has 4 rings (SSSR count). The minimum absolute atomic E-state index is 0.123. The fraction of sp³-hybridized carbons (Fsp3) is 0.600. The molecule has 0 amide bonds. The van der Waals surface area contributed by atoms with E-state index in [4.69, 9.17) is 5.11 Å². The number of nitrogens with one attached hydrogen (secondary N) is 1. The minimum atomic E-state index is -1.45. The lowest BCUT2D eigenvalue weighted by atomic mass is 9.75. The minimum Gasteiger partial charge on any atom is -0.481 e. The first-order valence-electron chi connectivity index (χ1n) is 9.52. The Morgan fingerprint density at radius 1 is 1.46 bits per heavy atom. The number of carbonyl (C=O) groups is 2. The second kappa shape index (κ2) is 6.27. The SMILES string of the molecule is CCC(O)(CC(=O)O)C1=CC(=O)C2=C(C1)CC1CN3C=CCCC3C1N2. The van der Waals surface area contributed by atoms with Crippen molar-refractivity contribution in [2.24, 2.45) is 5.92 Å². The van der Waals surface area contributed by atoms with Gasteiger partial charge in [0.05, 0.1) is 23.8 Å².